The maximum Gasteiger partial charge on any atom is 0.0720 e. The van der Waals surface area contributed by atoms with Gasteiger partial charge in [0.1, 0.15) is 0 Å². The Morgan fingerprint density at radius 3 is 2.53 bits per heavy atom. The van der Waals surface area contributed by atoms with E-state index in [1.54, 1.807) is 0 Å². The van der Waals surface area contributed by atoms with E-state index in [0.717, 1.165) is 19.6 Å². The molecule has 0 spiro atoms. The largest absolute Gasteiger partial charge is 0.373 e. The summed E-state index contributed by atoms with van der Waals surface area (Å²) >= 11 is 0. The van der Waals surface area contributed by atoms with Crippen LogP contribution in [0.4, 0.5) is 0 Å². The molecule has 1 aromatic carbocycles. The molecular formula is C17H27NO. The second-order valence-electron chi connectivity index (χ2n) is 6.49. The summed E-state index contributed by atoms with van der Waals surface area (Å²) in [6.07, 6.45) is 1.50. The van der Waals surface area contributed by atoms with Crippen molar-refractivity contribution in [1.29, 1.82) is 0 Å². The fraction of sp³-hybridized carbons (Fsp3) is 0.647. The van der Waals surface area contributed by atoms with E-state index in [9.17, 15) is 0 Å². The third-order valence-electron chi connectivity index (χ3n) is 4.99. The first kappa shape index (κ1) is 14.5. The second kappa shape index (κ2) is 5.64. The van der Waals surface area contributed by atoms with Gasteiger partial charge in [0, 0.05) is 18.0 Å². The van der Waals surface area contributed by atoms with Crippen molar-refractivity contribution in [2.45, 2.75) is 52.4 Å². The van der Waals surface area contributed by atoms with Crippen molar-refractivity contribution in [2.75, 3.05) is 13.6 Å². The third kappa shape index (κ3) is 3.18. The van der Waals surface area contributed by atoms with Crippen LogP contribution in [0.5, 0.6) is 0 Å². The summed E-state index contributed by atoms with van der Waals surface area (Å²) in [4.78, 5) is 2.45. The number of piperidine rings is 1. The van der Waals surface area contributed by atoms with Gasteiger partial charge in [-0.3, -0.25) is 0 Å². The van der Waals surface area contributed by atoms with Crippen LogP contribution in [-0.2, 0) is 11.3 Å². The minimum atomic E-state index is 0.218. The van der Waals surface area contributed by atoms with E-state index >= 15 is 0 Å². The van der Waals surface area contributed by atoms with Gasteiger partial charge in [0.05, 0.1) is 12.7 Å². The van der Waals surface area contributed by atoms with Crippen LogP contribution < -0.4 is 0 Å². The first-order valence-electron chi connectivity index (χ1n) is 7.29. The molecule has 2 heteroatoms. The molecule has 2 rings (SSSR count). The summed E-state index contributed by atoms with van der Waals surface area (Å²) < 4.78 is 6.18. The molecular weight excluding hydrogens is 234 g/mol. The Kier molecular flexibility index (Phi) is 4.32. The number of ether oxygens (including phenoxy) is 1. The molecule has 2 unspecified atom stereocenters. The highest BCUT2D eigenvalue weighted by atomic mass is 16.5. The van der Waals surface area contributed by atoms with E-state index in [2.05, 4.69) is 63.9 Å². The Labute approximate surface area is 117 Å². The molecule has 1 aliphatic rings. The van der Waals surface area contributed by atoms with Crippen LogP contribution in [-0.4, -0.2) is 30.1 Å². The van der Waals surface area contributed by atoms with Crippen molar-refractivity contribution in [3.8, 4) is 0 Å². The molecule has 0 N–H and O–H groups in total. The molecule has 1 saturated heterocycles. The fourth-order valence-electron chi connectivity index (χ4n) is 2.78. The molecule has 0 amide bonds. The van der Waals surface area contributed by atoms with Gasteiger partial charge in [-0.15, -0.1) is 0 Å². The SMILES string of the molecule is Cc1ccc(COC2CCN(C)C(C)(C)C2C)cc1. The van der Waals surface area contributed by atoms with Gasteiger partial charge in [-0.1, -0.05) is 36.8 Å². The van der Waals surface area contributed by atoms with Gasteiger partial charge in [0.25, 0.3) is 0 Å². The molecule has 2 atom stereocenters. The number of benzene rings is 1. The van der Waals surface area contributed by atoms with Gasteiger partial charge >= 0.3 is 0 Å². The third-order valence-corrected chi connectivity index (χ3v) is 4.99. The molecule has 0 radical (unpaired) electrons. The zero-order valence-corrected chi connectivity index (χ0v) is 12.9. The molecule has 0 saturated carbocycles. The van der Waals surface area contributed by atoms with Crippen LogP contribution in [0.25, 0.3) is 0 Å². The van der Waals surface area contributed by atoms with Gasteiger partial charge in [-0.2, -0.15) is 0 Å². The lowest BCUT2D eigenvalue weighted by Gasteiger charge is -2.48. The summed E-state index contributed by atoms with van der Waals surface area (Å²) in [5.41, 5.74) is 2.79. The minimum absolute atomic E-state index is 0.218. The zero-order chi connectivity index (χ0) is 14.0. The van der Waals surface area contributed by atoms with Crippen LogP contribution in [0.2, 0.25) is 0 Å². The Balaban J connectivity index is 1.94. The molecule has 1 heterocycles. The molecule has 0 aromatic heterocycles. The standard InChI is InChI=1S/C17H27NO/c1-13-6-8-15(9-7-13)12-19-16-10-11-18(5)17(3,4)14(16)2/h6-9,14,16H,10-12H2,1-5H3. The molecule has 19 heavy (non-hydrogen) atoms. The first-order valence-corrected chi connectivity index (χ1v) is 7.29. The summed E-state index contributed by atoms with van der Waals surface area (Å²) in [7, 11) is 2.21. The van der Waals surface area contributed by atoms with Gasteiger partial charge < -0.3 is 9.64 Å². The van der Waals surface area contributed by atoms with Crippen LogP contribution >= 0.6 is 0 Å². The van der Waals surface area contributed by atoms with Gasteiger partial charge in [0.2, 0.25) is 0 Å². The summed E-state index contributed by atoms with van der Waals surface area (Å²) in [6.45, 7) is 10.9. The molecule has 1 aliphatic heterocycles. The van der Waals surface area contributed by atoms with Gasteiger partial charge in [-0.25, -0.2) is 0 Å². The molecule has 1 aromatic rings. The maximum absolute atomic E-state index is 6.18. The number of aryl methyl sites for hydroxylation is 1. The van der Waals surface area contributed by atoms with Crippen molar-refractivity contribution in [1.82, 2.24) is 4.90 Å². The van der Waals surface area contributed by atoms with E-state index in [-0.39, 0.29) is 5.54 Å². The average Bonchev–Trinajstić information content (AvgIpc) is 2.38. The monoisotopic (exact) mass is 261 g/mol. The van der Waals surface area contributed by atoms with E-state index < -0.39 is 0 Å². The number of rotatable bonds is 3. The van der Waals surface area contributed by atoms with Crippen molar-refractivity contribution >= 4 is 0 Å². The topological polar surface area (TPSA) is 12.5 Å². The molecule has 2 nitrogen and oxygen atoms in total. The predicted octanol–water partition coefficient (Wildman–Crippen LogP) is 3.63. The lowest BCUT2D eigenvalue weighted by Crippen LogP contribution is -2.55. The first-order chi connectivity index (χ1) is 8.91. The highest BCUT2D eigenvalue weighted by Crippen LogP contribution is 2.33. The molecule has 106 valence electrons. The molecule has 0 bridgehead atoms. The number of hydrogen-bond donors (Lipinski definition) is 0. The van der Waals surface area contributed by atoms with E-state index in [1.807, 2.05) is 0 Å². The quantitative estimate of drug-likeness (QED) is 0.824. The average molecular weight is 261 g/mol. The van der Waals surface area contributed by atoms with Crippen LogP contribution in [0, 0.1) is 12.8 Å². The van der Waals surface area contributed by atoms with Crippen molar-refractivity contribution in [3.63, 3.8) is 0 Å². The van der Waals surface area contributed by atoms with Crippen molar-refractivity contribution < 1.29 is 4.74 Å². The van der Waals surface area contributed by atoms with E-state index in [4.69, 9.17) is 4.74 Å². The van der Waals surface area contributed by atoms with Crippen molar-refractivity contribution in [3.05, 3.63) is 35.4 Å². The number of hydrogen-bond acceptors (Lipinski definition) is 2. The Bertz CT molecular complexity index is 410. The van der Waals surface area contributed by atoms with E-state index in [1.165, 1.54) is 11.1 Å². The van der Waals surface area contributed by atoms with Crippen LogP contribution in [0.3, 0.4) is 0 Å². The highest BCUT2D eigenvalue weighted by Gasteiger charge is 2.39. The van der Waals surface area contributed by atoms with Gasteiger partial charge in [-0.05, 0) is 39.8 Å². The summed E-state index contributed by atoms with van der Waals surface area (Å²) in [6, 6.07) is 8.64. The van der Waals surface area contributed by atoms with Gasteiger partial charge in [0.15, 0.2) is 0 Å². The zero-order valence-electron chi connectivity index (χ0n) is 12.9. The Hall–Kier alpha value is -0.860. The minimum Gasteiger partial charge on any atom is -0.373 e. The molecule has 0 aliphatic carbocycles. The summed E-state index contributed by atoms with van der Waals surface area (Å²) in [5.74, 6) is 0.552. The molecule has 1 fully saturated rings. The summed E-state index contributed by atoms with van der Waals surface area (Å²) in [5, 5.41) is 0. The normalized spacial score (nSPS) is 27.4. The van der Waals surface area contributed by atoms with Crippen molar-refractivity contribution in [2.24, 2.45) is 5.92 Å². The van der Waals surface area contributed by atoms with E-state index in [0.29, 0.717) is 12.0 Å². The lowest BCUT2D eigenvalue weighted by atomic mass is 9.79. The highest BCUT2D eigenvalue weighted by molar-refractivity contribution is 5.20. The number of nitrogens with zero attached hydrogens (tertiary/aromatic N) is 1. The Morgan fingerprint density at radius 1 is 1.26 bits per heavy atom. The number of likely N-dealkylation sites (tertiary alicyclic amines) is 1. The predicted molar refractivity (Wildman–Crippen MR) is 80.2 cm³/mol. The Morgan fingerprint density at radius 2 is 1.89 bits per heavy atom. The maximum atomic E-state index is 6.18. The fourth-order valence-corrected chi connectivity index (χ4v) is 2.78. The lowest BCUT2D eigenvalue weighted by molar-refractivity contribution is -0.0850. The smallest absolute Gasteiger partial charge is 0.0720 e. The van der Waals surface area contributed by atoms with Crippen LogP contribution in [0.15, 0.2) is 24.3 Å². The van der Waals surface area contributed by atoms with Crippen LogP contribution in [0.1, 0.15) is 38.3 Å². The second-order valence-corrected chi connectivity index (χ2v) is 6.49.